The third-order valence-corrected chi connectivity index (χ3v) is 1.54. The molecule has 1 aromatic rings. The minimum Gasteiger partial charge on any atom is -0.375 e. The van der Waals surface area contributed by atoms with Crippen LogP contribution in [0.15, 0.2) is 39.9 Å². The van der Waals surface area contributed by atoms with E-state index in [0.717, 1.165) is 4.47 Å². The number of thiocarbonyl (C=S) groups is 1. The highest BCUT2D eigenvalue weighted by Crippen LogP contribution is 2.05. The highest BCUT2D eigenvalue weighted by molar-refractivity contribution is 9.10. The second-order valence-electron chi connectivity index (χ2n) is 1.93. The van der Waals surface area contributed by atoms with Crippen molar-refractivity contribution in [3.05, 3.63) is 34.8 Å². The zero-order valence-electron chi connectivity index (χ0n) is 6.90. The number of benzene rings is 1. The van der Waals surface area contributed by atoms with Crippen molar-refractivity contribution in [3.63, 3.8) is 0 Å². The van der Waals surface area contributed by atoms with Crippen LogP contribution >= 0.6 is 28.1 Å². The maximum Gasteiger partial charge on any atom is 0.184 e. The number of nitrogens with two attached hydrogens (primary N) is 1. The summed E-state index contributed by atoms with van der Waals surface area (Å²) in [6, 6.07) is 9.97. The van der Waals surface area contributed by atoms with Crippen LogP contribution in [0.25, 0.3) is 0 Å². The maximum absolute atomic E-state index is 4.89. The molecule has 0 fully saturated rings. The van der Waals surface area contributed by atoms with Gasteiger partial charge >= 0.3 is 0 Å². The predicted molar refractivity (Wildman–Crippen MR) is 63.6 cm³/mol. The first-order valence-corrected chi connectivity index (χ1v) is 4.58. The van der Waals surface area contributed by atoms with Gasteiger partial charge in [0.25, 0.3) is 0 Å². The SMILES string of the molecule is Brc1ccccc1.C=NNC(N)=S. The molecule has 3 nitrogen and oxygen atoms in total. The fourth-order valence-electron chi connectivity index (χ4n) is 0.493. The highest BCUT2D eigenvalue weighted by Gasteiger charge is 1.74. The van der Waals surface area contributed by atoms with Crippen molar-refractivity contribution in [3.8, 4) is 0 Å². The Kier molecular flexibility index (Phi) is 7.14. The smallest absolute Gasteiger partial charge is 0.184 e. The molecule has 70 valence electrons. The maximum atomic E-state index is 4.89. The van der Waals surface area contributed by atoms with Crippen LogP contribution in [0.2, 0.25) is 0 Å². The summed E-state index contributed by atoms with van der Waals surface area (Å²) in [4.78, 5) is 0. The Morgan fingerprint density at radius 3 is 2.15 bits per heavy atom. The van der Waals surface area contributed by atoms with Gasteiger partial charge in [-0.15, -0.1) is 0 Å². The molecule has 0 radical (unpaired) electrons. The van der Waals surface area contributed by atoms with E-state index in [1.165, 1.54) is 0 Å². The number of nitrogens with zero attached hydrogens (tertiary/aromatic N) is 1. The van der Waals surface area contributed by atoms with Gasteiger partial charge in [0.15, 0.2) is 5.11 Å². The van der Waals surface area contributed by atoms with E-state index in [2.05, 4.69) is 45.4 Å². The average molecular weight is 260 g/mol. The predicted octanol–water partition coefficient (Wildman–Crippen LogP) is 1.88. The standard InChI is InChI=1S/C6H5Br.C2H5N3S/c7-6-4-2-1-3-5-6;1-4-5-2(3)6/h1-5H;1H2,(H3,3,5,6). The summed E-state index contributed by atoms with van der Waals surface area (Å²) in [5.74, 6) is 0. The number of rotatable bonds is 1. The number of hydrazone groups is 1. The Balaban J connectivity index is 0.000000226. The van der Waals surface area contributed by atoms with E-state index in [4.69, 9.17) is 5.73 Å². The Hall–Kier alpha value is -0.940. The first-order chi connectivity index (χ1) is 6.16. The van der Waals surface area contributed by atoms with Gasteiger partial charge in [0, 0.05) is 11.2 Å². The van der Waals surface area contributed by atoms with Crippen LogP contribution in [0.5, 0.6) is 0 Å². The summed E-state index contributed by atoms with van der Waals surface area (Å²) in [6.45, 7) is 3.07. The molecular weight excluding hydrogens is 250 g/mol. The number of nitrogens with one attached hydrogen (secondary N) is 1. The van der Waals surface area contributed by atoms with Crippen LogP contribution < -0.4 is 11.2 Å². The van der Waals surface area contributed by atoms with Gasteiger partial charge in [-0.05, 0) is 24.4 Å². The van der Waals surface area contributed by atoms with Crippen molar-refractivity contribution < 1.29 is 0 Å². The van der Waals surface area contributed by atoms with Gasteiger partial charge < -0.3 is 5.73 Å². The molecule has 5 heteroatoms. The first-order valence-electron chi connectivity index (χ1n) is 3.38. The van der Waals surface area contributed by atoms with Crippen molar-refractivity contribution in [2.24, 2.45) is 10.8 Å². The van der Waals surface area contributed by atoms with E-state index in [-0.39, 0.29) is 5.11 Å². The summed E-state index contributed by atoms with van der Waals surface area (Å²) in [7, 11) is 0. The summed E-state index contributed by atoms with van der Waals surface area (Å²) < 4.78 is 1.13. The monoisotopic (exact) mass is 259 g/mol. The Morgan fingerprint density at radius 2 is 2.00 bits per heavy atom. The molecule has 0 spiro atoms. The first kappa shape index (κ1) is 12.1. The molecule has 13 heavy (non-hydrogen) atoms. The van der Waals surface area contributed by atoms with E-state index in [1.54, 1.807) is 0 Å². The van der Waals surface area contributed by atoms with E-state index >= 15 is 0 Å². The molecule has 0 amide bonds. The molecule has 1 rings (SSSR count). The summed E-state index contributed by atoms with van der Waals surface area (Å²) in [5, 5.41) is 3.31. The molecule has 0 saturated carbocycles. The van der Waals surface area contributed by atoms with Gasteiger partial charge in [-0.25, -0.2) is 0 Å². The van der Waals surface area contributed by atoms with Crippen molar-refractivity contribution in [1.29, 1.82) is 0 Å². The molecule has 0 aromatic heterocycles. The van der Waals surface area contributed by atoms with Crippen molar-refractivity contribution in [1.82, 2.24) is 5.43 Å². The molecule has 0 unspecified atom stereocenters. The normalized spacial score (nSPS) is 7.77. The zero-order valence-corrected chi connectivity index (χ0v) is 9.31. The van der Waals surface area contributed by atoms with Crippen LogP contribution in [-0.4, -0.2) is 11.8 Å². The molecular formula is C8H10BrN3S. The number of hydrogen-bond acceptors (Lipinski definition) is 2. The molecule has 0 aliphatic carbocycles. The summed E-state index contributed by atoms with van der Waals surface area (Å²) in [5.41, 5.74) is 7.12. The van der Waals surface area contributed by atoms with Crippen LogP contribution in [0, 0.1) is 0 Å². The Bertz CT molecular complexity index is 263. The highest BCUT2D eigenvalue weighted by atomic mass is 79.9. The van der Waals surface area contributed by atoms with Crippen molar-refractivity contribution >= 4 is 40.0 Å². The van der Waals surface area contributed by atoms with E-state index < -0.39 is 0 Å². The lowest BCUT2D eigenvalue weighted by atomic mass is 10.4. The molecule has 0 bridgehead atoms. The van der Waals surface area contributed by atoms with Crippen LogP contribution in [0.3, 0.4) is 0 Å². The Labute approximate surface area is 91.1 Å². The quantitative estimate of drug-likeness (QED) is 0.460. The fraction of sp³-hybridized carbons (Fsp3) is 0. The van der Waals surface area contributed by atoms with Gasteiger partial charge in [-0.1, -0.05) is 34.1 Å². The van der Waals surface area contributed by atoms with E-state index in [9.17, 15) is 0 Å². The second kappa shape index (κ2) is 7.70. The van der Waals surface area contributed by atoms with Gasteiger partial charge in [-0.2, -0.15) is 5.10 Å². The molecule has 3 N–H and O–H groups in total. The van der Waals surface area contributed by atoms with Gasteiger partial charge in [0.2, 0.25) is 0 Å². The van der Waals surface area contributed by atoms with Crippen LogP contribution in [0.4, 0.5) is 0 Å². The number of hydrogen-bond donors (Lipinski definition) is 2. The lowest BCUT2D eigenvalue weighted by Crippen LogP contribution is -2.23. The van der Waals surface area contributed by atoms with E-state index in [1.807, 2.05) is 30.3 Å². The third kappa shape index (κ3) is 8.97. The molecule has 0 aliphatic heterocycles. The van der Waals surface area contributed by atoms with Gasteiger partial charge in [0.05, 0.1) is 0 Å². The lowest BCUT2D eigenvalue weighted by molar-refractivity contribution is 1.05. The second-order valence-corrected chi connectivity index (χ2v) is 3.29. The fourth-order valence-corrected chi connectivity index (χ4v) is 0.862. The summed E-state index contributed by atoms with van der Waals surface area (Å²) >= 11 is 7.64. The largest absolute Gasteiger partial charge is 0.375 e. The molecule has 0 saturated heterocycles. The van der Waals surface area contributed by atoms with Crippen molar-refractivity contribution in [2.45, 2.75) is 0 Å². The molecule has 1 aromatic carbocycles. The minimum absolute atomic E-state index is 0.144. The van der Waals surface area contributed by atoms with Gasteiger partial charge in [0.1, 0.15) is 0 Å². The minimum atomic E-state index is 0.144. The van der Waals surface area contributed by atoms with Gasteiger partial charge in [-0.3, -0.25) is 5.43 Å². The third-order valence-electron chi connectivity index (χ3n) is 0.922. The summed E-state index contributed by atoms with van der Waals surface area (Å²) in [6.07, 6.45) is 0. The number of halogens is 1. The van der Waals surface area contributed by atoms with E-state index in [0.29, 0.717) is 0 Å². The zero-order chi connectivity index (χ0) is 10.1. The molecule has 0 atom stereocenters. The average Bonchev–Trinajstić information content (AvgIpc) is 2.06. The molecule has 0 aliphatic rings. The Morgan fingerprint density at radius 1 is 1.46 bits per heavy atom. The topological polar surface area (TPSA) is 50.4 Å². The lowest BCUT2D eigenvalue weighted by Gasteiger charge is -1.87. The van der Waals surface area contributed by atoms with Crippen LogP contribution in [-0.2, 0) is 0 Å². The van der Waals surface area contributed by atoms with Crippen LogP contribution in [0.1, 0.15) is 0 Å². The van der Waals surface area contributed by atoms with Crippen molar-refractivity contribution in [2.75, 3.05) is 0 Å². The molecule has 0 heterocycles.